The zero-order chi connectivity index (χ0) is 14.4. The molecular formula is C18H19NO2. The molecule has 2 aliphatic rings. The lowest BCUT2D eigenvalue weighted by atomic mass is 10.1. The molecule has 2 aromatic carbocycles. The number of benzene rings is 2. The summed E-state index contributed by atoms with van der Waals surface area (Å²) in [4.78, 5) is 0. The highest BCUT2D eigenvalue weighted by molar-refractivity contribution is 5.57. The lowest BCUT2D eigenvalue weighted by molar-refractivity contribution is -0.0431. The molecule has 2 aromatic rings. The van der Waals surface area contributed by atoms with Crippen molar-refractivity contribution in [3.63, 3.8) is 0 Å². The summed E-state index contributed by atoms with van der Waals surface area (Å²) in [5.74, 6) is 1.06. The maximum absolute atomic E-state index is 5.81. The fourth-order valence-electron chi connectivity index (χ4n) is 3.22. The molecule has 21 heavy (non-hydrogen) atoms. The fraction of sp³-hybridized carbons (Fsp3) is 0.333. The first-order valence-electron chi connectivity index (χ1n) is 7.47. The normalized spacial score (nSPS) is 21.1. The van der Waals surface area contributed by atoms with E-state index in [1.807, 2.05) is 26.0 Å². The van der Waals surface area contributed by atoms with Gasteiger partial charge < -0.3 is 14.8 Å². The second-order valence-electron chi connectivity index (χ2n) is 6.20. The van der Waals surface area contributed by atoms with Crippen molar-refractivity contribution >= 4 is 5.69 Å². The van der Waals surface area contributed by atoms with Gasteiger partial charge in [-0.15, -0.1) is 0 Å². The molecule has 0 saturated carbocycles. The average Bonchev–Trinajstić information content (AvgIpc) is 2.98. The van der Waals surface area contributed by atoms with Gasteiger partial charge in [-0.3, -0.25) is 0 Å². The number of rotatable bonds is 2. The standard InChI is InChI=1S/C18H19NO2/c1-18(2)20-16-10-8-13(11-17(16)21-18)19-15-9-7-12-5-3-4-6-14(12)15/h3-6,8,10-11,15,19H,7,9H2,1-2H3. The average molecular weight is 281 g/mol. The van der Waals surface area contributed by atoms with E-state index >= 15 is 0 Å². The highest BCUT2D eigenvalue weighted by atomic mass is 16.7. The third-order valence-electron chi connectivity index (χ3n) is 4.13. The van der Waals surface area contributed by atoms with Gasteiger partial charge in [-0.05, 0) is 36.1 Å². The van der Waals surface area contributed by atoms with Crippen molar-refractivity contribution in [1.29, 1.82) is 0 Å². The van der Waals surface area contributed by atoms with Crippen LogP contribution in [0.4, 0.5) is 5.69 Å². The minimum absolute atomic E-state index is 0.384. The van der Waals surface area contributed by atoms with Crippen LogP contribution in [0.15, 0.2) is 42.5 Å². The van der Waals surface area contributed by atoms with Crippen molar-refractivity contribution in [2.24, 2.45) is 0 Å². The number of ether oxygens (including phenoxy) is 2. The number of fused-ring (bicyclic) bond motifs is 2. The van der Waals surface area contributed by atoms with E-state index in [4.69, 9.17) is 9.47 Å². The van der Waals surface area contributed by atoms with Crippen LogP contribution >= 0.6 is 0 Å². The van der Waals surface area contributed by atoms with Gasteiger partial charge in [-0.25, -0.2) is 0 Å². The third-order valence-corrected chi connectivity index (χ3v) is 4.13. The minimum atomic E-state index is -0.569. The van der Waals surface area contributed by atoms with E-state index in [1.165, 1.54) is 11.1 Å². The number of aryl methyl sites for hydroxylation is 1. The quantitative estimate of drug-likeness (QED) is 0.890. The maximum atomic E-state index is 5.81. The van der Waals surface area contributed by atoms with Crippen molar-refractivity contribution in [3.05, 3.63) is 53.6 Å². The van der Waals surface area contributed by atoms with Gasteiger partial charge in [-0.2, -0.15) is 0 Å². The Hall–Kier alpha value is -2.16. The first kappa shape index (κ1) is 12.6. The Balaban J connectivity index is 1.57. The van der Waals surface area contributed by atoms with Crippen molar-refractivity contribution in [2.45, 2.75) is 38.5 Å². The first-order chi connectivity index (χ1) is 10.1. The topological polar surface area (TPSA) is 30.5 Å². The van der Waals surface area contributed by atoms with Gasteiger partial charge in [0.1, 0.15) is 0 Å². The van der Waals surface area contributed by atoms with Crippen LogP contribution in [-0.4, -0.2) is 5.79 Å². The Kier molecular flexibility index (Phi) is 2.64. The molecule has 3 nitrogen and oxygen atoms in total. The maximum Gasteiger partial charge on any atom is 0.246 e. The van der Waals surface area contributed by atoms with Crippen LogP contribution in [0.2, 0.25) is 0 Å². The largest absolute Gasteiger partial charge is 0.449 e. The van der Waals surface area contributed by atoms with E-state index in [-0.39, 0.29) is 0 Å². The Bertz CT molecular complexity index is 693. The van der Waals surface area contributed by atoms with Crippen LogP contribution in [0.3, 0.4) is 0 Å². The van der Waals surface area contributed by atoms with E-state index in [0.29, 0.717) is 6.04 Å². The summed E-state index contributed by atoms with van der Waals surface area (Å²) in [7, 11) is 0. The van der Waals surface area contributed by atoms with E-state index < -0.39 is 5.79 Å². The van der Waals surface area contributed by atoms with Crippen LogP contribution in [0.1, 0.15) is 37.4 Å². The molecule has 1 aliphatic carbocycles. The summed E-state index contributed by atoms with van der Waals surface area (Å²) >= 11 is 0. The van der Waals surface area contributed by atoms with Crippen molar-refractivity contribution in [1.82, 2.24) is 0 Å². The van der Waals surface area contributed by atoms with E-state index in [0.717, 1.165) is 30.0 Å². The van der Waals surface area contributed by atoms with Gasteiger partial charge in [0.25, 0.3) is 0 Å². The molecule has 0 radical (unpaired) electrons. The van der Waals surface area contributed by atoms with Crippen LogP contribution < -0.4 is 14.8 Å². The Morgan fingerprint density at radius 3 is 2.76 bits per heavy atom. The van der Waals surface area contributed by atoms with Gasteiger partial charge in [0.2, 0.25) is 5.79 Å². The molecule has 108 valence electrons. The van der Waals surface area contributed by atoms with Crippen LogP contribution in [0, 0.1) is 0 Å². The van der Waals surface area contributed by atoms with Crippen molar-refractivity contribution in [2.75, 3.05) is 5.32 Å². The monoisotopic (exact) mass is 281 g/mol. The van der Waals surface area contributed by atoms with E-state index in [9.17, 15) is 0 Å². The molecule has 0 amide bonds. The Morgan fingerprint density at radius 1 is 1.05 bits per heavy atom. The number of anilines is 1. The molecule has 1 atom stereocenters. The molecule has 0 spiro atoms. The predicted octanol–water partition coefficient (Wildman–Crippen LogP) is 4.29. The molecule has 0 bridgehead atoms. The molecule has 0 saturated heterocycles. The third kappa shape index (κ3) is 2.23. The molecule has 4 rings (SSSR count). The van der Waals surface area contributed by atoms with Gasteiger partial charge in [0.15, 0.2) is 11.5 Å². The summed E-state index contributed by atoms with van der Waals surface area (Å²) in [6, 6.07) is 15.1. The molecule has 1 unspecified atom stereocenters. The van der Waals surface area contributed by atoms with Crippen LogP contribution in [-0.2, 0) is 6.42 Å². The highest BCUT2D eigenvalue weighted by Crippen LogP contribution is 2.42. The molecule has 1 heterocycles. The van der Waals surface area contributed by atoms with E-state index in [1.54, 1.807) is 0 Å². The minimum Gasteiger partial charge on any atom is -0.449 e. The zero-order valence-corrected chi connectivity index (χ0v) is 12.3. The summed E-state index contributed by atoms with van der Waals surface area (Å²) in [6.45, 7) is 3.85. The van der Waals surface area contributed by atoms with Gasteiger partial charge in [0, 0.05) is 25.6 Å². The molecule has 3 heteroatoms. The van der Waals surface area contributed by atoms with Crippen LogP contribution in [0.5, 0.6) is 11.5 Å². The van der Waals surface area contributed by atoms with Gasteiger partial charge >= 0.3 is 0 Å². The van der Waals surface area contributed by atoms with Crippen molar-refractivity contribution in [3.8, 4) is 11.5 Å². The Morgan fingerprint density at radius 2 is 1.86 bits per heavy atom. The number of nitrogens with one attached hydrogen (secondary N) is 1. The lowest BCUT2D eigenvalue weighted by Crippen LogP contribution is -2.29. The summed E-state index contributed by atoms with van der Waals surface area (Å²) in [5.41, 5.74) is 3.95. The lowest BCUT2D eigenvalue weighted by Gasteiger charge is -2.16. The zero-order valence-electron chi connectivity index (χ0n) is 12.3. The molecule has 1 aliphatic heterocycles. The first-order valence-corrected chi connectivity index (χ1v) is 7.47. The summed E-state index contributed by atoms with van der Waals surface area (Å²) in [5, 5.41) is 3.62. The summed E-state index contributed by atoms with van der Waals surface area (Å²) in [6.07, 6.45) is 2.28. The Labute approximate surface area is 124 Å². The summed E-state index contributed by atoms with van der Waals surface area (Å²) < 4.78 is 11.5. The molecule has 0 fully saturated rings. The smallest absolute Gasteiger partial charge is 0.246 e. The highest BCUT2D eigenvalue weighted by Gasteiger charge is 2.32. The number of hydrogen-bond donors (Lipinski definition) is 1. The predicted molar refractivity (Wildman–Crippen MR) is 82.9 cm³/mol. The fourth-order valence-corrected chi connectivity index (χ4v) is 3.22. The van der Waals surface area contributed by atoms with E-state index in [2.05, 4.69) is 35.6 Å². The van der Waals surface area contributed by atoms with Crippen LogP contribution in [0.25, 0.3) is 0 Å². The van der Waals surface area contributed by atoms with Crippen molar-refractivity contribution < 1.29 is 9.47 Å². The second kappa shape index (κ2) is 4.42. The van der Waals surface area contributed by atoms with Gasteiger partial charge in [0.05, 0.1) is 6.04 Å². The molecule has 0 aromatic heterocycles. The second-order valence-corrected chi connectivity index (χ2v) is 6.20. The SMILES string of the molecule is CC1(C)Oc2ccc(NC3CCc4ccccc43)cc2O1. The molecular weight excluding hydrogens is 262 g/mol. The molecule has 1 N–H and O–H groups in total. The van der Waals surface area contributed by atoms with Gasteiger partial charge in [-0.1, -0.05) is 24.3 Å². The number of hydrogen-bond acceptors (Lipinski definition) is 3.